The van der Waals surface area contributed by atoms with Crippen LogP contribution >= 0.6 is 11.6 Å². The van der Waals surface area contributed by atoms with Crippen LogP contribution in [0.3, 0.4) is 0 Å². The van der Waals surface area contributed by atoms with E-state index in [0.717, 1.165) is 31.2 Å². The normalized spacial score (nSPS) is 21.2. The molecule has 2 aromatic rings. The van der Waals surface area contributed by atoms with Crippen molar-refractivity contribution in [2.24, 2.45) is 0 Å². The van der Waals surface area contributed by atoms with Crippen molar-refractivity contribution in [2.75, 3.05) is 18.4 Å². The molecule has 2 heterocycles. The van der Waals surface area contributed by atoms with Crippen LogP contribution in [0.5, 0.6) is 0 Å². The summed E-state index contributed by atoms with van der Waals surface area (Å²) < 4.78 is 13.9. The van der Waals surface area contributed by atoms with Crippen molar-refractivity contribution in [3.8, 4) is 0 Å². The molecule has 1 atom stereocenters. The minimum Gasteiger partial charge on any atom is -0.366 e. The van der Waals surface area contributed by atoms with Crippen molar-refractivity contribution in [1.82, 2.24) is 14.9 Å². The van der Waals surface area contributed by atoms with Crippen LogP contribution in [-0.2, 0) is 6.54 Å². The Hall–Kier alpha value is -1.72. The highest BCUT2D eigenvalue weighted by molar-refractivity contribution is 6.31. The van der Waals surface area contributed by atoms with Crippen molar-refractivity contribution < 1.29 is 4.39 Å². The zero-order valence-corrected chi connectivity index (χ0v) is 14.1. The molecule has 2 aliphatic rings. The minimum atomic E-state index is -0.233. The van der Waals surface area contributed by atoms with Crippen LogP contribution in [-0.4, -0.2) is 34.0 Å². The molecule has 1 aliphatic heterocycles. The highest BCUT2D eigenvalue weighted by atomic mass is 35.5. The Morgan fingerprint density at radius 1 is 1.25 bits per heavy atom. The number of nitrogens with one attached hydrogen (secondary N) is 1. The van der Waals surface area contributed by atoms with E-state index in [2.05, 4.69) is 20.2 Å². The van der Waals surface area contributed by atoms with Crippen molar-refractivity contribution in [2.45, 2.75) is 37.8 Å². The summed E-state index contributed by atoms with van der Waals surface area (Å²) in [5, 5.41) is 3.99. The maximum absolute atomic E-state index is 13.9. The molecule has 1 aliphatic carbocycles. The van der Waals surface area contributed by atoms with Crippen molar-refractivity contribution >= 4 is 17.4 Å². The first-order valence-corrected chi connectivity index (χ1v) is 8.81. The molecule has 2 fully saturated rings. The Balaban J connectivity index is 1.37. The monoisotopic (exact) mass is 346 g/mol. The van der Waals surface area contributed by atoms with Gasteiger partial charge in [0.25, 0.3) is 0 Å². The molecule has 0 spiro atoms. The lowest BCUT2D eigenvalue weighted by molar-refractivity contribution is 0.323. The summed E-state index contributed by atoms with van der Waals surface area (Å²) in [4.78, 5) is 11.2. The number of anilines is 1. The van der Waals surface area contributed by atoms with Crippen LogP contribution in [0.2, 0.25) is 5.02 Å². The maximum Gasteiger partial charge on any atom is 0.133 e. The van der Waals surface area contributed by atoms with Gasteiger partial charge in [0.2, 0.25) is 0 Å². The minimum absolute atomic E-state index is 0.233. The summed E-state index contributed by atoms with van der Waals surface area (Å²) in [6, 6.07) is 7.08. The van der Waals surface area contributed by atoms with Crippen molar-refractivity contribution in [1.29, 1.82) is 0 Å². The SMILES string of the molecule is Fc1cccc(Cl)c1CN1CCC(Nc2ccnc(C3CC3)n2)C1. The van der Waals surface area contributed by atoms with Gasteiger partial charge in [0.05, 0.1) is 0 Å². The number of aromatic nitrogens is 2. The van der Waals surface area contributed by atoms with Gasteiger partial charge in [0.1, 0.15) is 17.5 Å². The molecule has 1 N–H and O–H groups in total. The molecule has 1 saturated heterocycles. The van der Waals surface area contributed by atoms with E-state index in [1.54, 1.807) is 12.1 Å². The van der Waals surface area contributed by atoms with E-state index < -0.39 is 0 Å². The van der Waals surface area contributed by atoms with Crippen molar-refractivity contribution in [3.05, 3.63) is 52.7 Å². The summed E-state index contributed by atoms with van der Waals surface area (Å²) in [6.07, 6.45) is 5.23. The summed E-state index contributed by atoms with van der Waals surface area (Å²) in [5.41, 5.74) is 0.581. The predicted molar refractivity (Wildman–Crippen MR) is 92.7 cm³/mol. The largest absolute Gasteiger partial charge is 0.366 e. The average Bonchev–Trinajstić information content (AvgIpc) is 3.33. The zero-order valence-electron chi connectivity index (χ0n) is 13.4. The fraction of sp³-hybridized carbons (Fsp3) is 0.444. The molecule has 1 aromatic heterocycles. The molecule has 6 heteroatoms. The van der Waals surface area contributed by atoms with Gasteiger partial charge in [-0.1, -0.05) is 17.7 Å². The number of rotatable bonds is 5. The third kappa shape index (κ3) is 3.52. The highest BCUT2D eigenvalue weighted by Crippen LogP contribution is 2.38. The number of hydrogen-bond donors (Lipinski definition) is 1. The second-order valence-electron chi connectivity index (χ2n) is 6.64. The van der Waals surface area contributed by atoms with Gasteiger partial charge in [0.15, 0.2) is 0 Å². The lowest BCUT2D eigenvalue weighted by Gasteiger charge is -2.18. The second-order valence-corrected chi connectivity index (χ2v) is 7.05. The van der Waals surface area contributed by atoms with Crippen molar-refractivity contribution in [3.63, 3.8) is 0 Å². The third-order valence-corrected chi connectivity index (χ3v) is 5.04. The first-order chi connectivity index (χ1) is 11.7. The Bertz CT molecular complexity index is 714. The van der Waals surface area contributed by atoms with E-state index in [-0.39, 0.29) is 5.82 Å². The Morgan fingerprint density at radius 3 is 2.92 bits per heavy atom. The van der Waals surface area contributed by atoms with Gasteiger partial charge in [-0.3, -0.25) is 4.90 Å². The van der Waals surface area contributed by atoms with E-state index in [0.29, 0.717) is 29.1 Å². The lowest BCUT2D eigenvalue weighted by atomic mass is 10.2. The van der Waals surface area contributed by atoms with Gasteiger partial charge in [-0.25, -0.2) is 14.4 Å². The molecule has 1 unspecified atom stereocenters. The van der Waals surface area contributed by atoms with Crippen LogP contribution in [0.4, 0.5) is 10.2 Å². The van der Waals surface area contributed by atoms with Gasteiger partial charge >= 0.3 is 0 Å². The Kier molecular flexibility index (Phi) is 4.37. The molecule has 126 valence electrons. The van der Waals surface area contributed by atoms with E-state index in [4.69, 9.17) is 11.6 Å². The fourth-order valence-electron chi connectivity index (χ4n) is 3.20. The Morgan fingerprint density at radius 2 is 2.12 bits per heavy atom. The first kappa shape index (κ1) is 15.8. The van der Waals surface area contributed by atoms with Crippen LogP contribution in [0, 0.1) is 5.82 Å². The molecule has 4 nitrogen and oxygen atoms in total. The van der Waals surface area contributed by atoms with Gasteiger partial charge in [-0.2, -0.15) is 0 Å². The Labute approximate surface area is 146 Å². The summed E-state index contributed by atoms with van der Waals surface area (Å²) in [7, 11) is 0. The highest BCUT2D eigenvalue weighted by Gasteiger charge is 2.27. The van der Waals surface area contributed by atoms with E-state index in [1.807, 2.05) is 12.3 Å². The van der Waals surface area contributed by atoms with Crippen LogP contribution in [0.15, 0.2) is 30.5 Å². The summed E-state index contributed by atoms with van der Waals surface area (Å²) >= 11 is 6.13. The molecule has 1 saturated carbocycles. The third-order valence-electron chi connectivity index (χ3n) is 4.68. The molecule has 1 aromatic carbocycles. The first-order valence-electron chi connectivity index (χ1n) is 8.44. The standard InChI is InChI=1S/C18H20ClFN4/c19-15-2-1-3-16(20)14(15)11-24-9-7-13(10-24)22-17-6-8-21-18(23-17)12-4-5-12/h1-3,6,8,12-13H,4-5,7,9-11H2,(H,21,22,23). The van der Waals surface area contributed by atoms with Crippen LogP contribution in [0.25, 0.3) is 0 Å². The number of benzene rings is 1. The van der Waals surface area contributed by atoms with Crippen LogP contribution in [0.1, 0.15) is 36.6 Å². The topological polar surface area (TPSA) is 41.0 Å². The molecule has 0 radical (unpaired) electrons. The molecular formula is C18H20ClFN4. The van der Waals surface area contributed by atoms with E-state index in [9.17, 15) is 4.39 Å². The lowest BCUT2D eigenvalue weighted by Crippen LogP contribution is -2.26. The molecule has 0 bridgehead atoms. The summed E-state index contributed by atoms with van der Waals surface area (Å²) in [6.45, 7) is 2.32. The van der Waals surface area contributed by atoms with Gasteiger partial charge < -0.3 is 5.32 Å². The number of likely N-dealkylation sites (tertiary alicyclic amines) is 1. The quantitative estimate of drug-likeness (QED) is 0.893. The van der Waals surface area contributed by atoms with Gasteiger partial charge in [-0.05, 0) is 37.5 Å². The fourth-order valence-corrected chi connectivity index (χ4v) is 3.43. The van der Waals surface area contributed by atoms with Gasteiger partial charge in [-0.15, -0.1) is 0 Å². The number of halogens is 2. The van der Waals surface area contributed by atoms with Crippen LogP contribution < -0.4 is 5.32 Å². The molecule has 0 amide bonds. The maximum atomic E-state index is 13.9. The van der Waals surface area contributed by atoms with E-state index in [1.165, 1.54) is 18.9 Å². The smallest absolute Gasteiger partial charge is 0.133 e. The number of hydrogen-bond acceptors (Lipinski definition) is 4. The number of nitrogens with zero attached hydrogens (tertiary/aromatic N) is 3. The molecular weight excluding hydrogens is 327 g/mol. The summed E-state index contributed by atoms with van der Waals surface area (Å²) in [5.74, 6) is 2.16. The zero-order chi connectivity index (χ0) is 16.5. The second kappa shape index (κ2) is 6.65. The van der Waals surface area contributed by atoms with E-state index >= 15 is 0 Å². The molecule has 4 rings (SSSR count). The van der Waals surface area contributed by atoms with Gasteiger partial charge in [0, 0.05) is 48.4 Å². The average molecular weight is 347 g/mol. The molecule has 24 heavy (non-hydrogen) atoms. The predicted octanol–water partition coefficient (Wildman–Crippen LogP) is 3.83.